The minimum Gasteiger partial charge on any atom is -0.324 e. The number of nitrogens with zero attached hydrogens (tertiary/aromatic N) is 1. The number of benzene rings is 1. The van der Waals surface area contributed by atoms with Crippen LogP contribution in [0.1, 0.15) is 32.1 Å². The molecule has 1 aromatic carbocycles. The largest absolute Gasteiger partial charge is 0.324 e. The standard InChI is InChI=1S/C18H25ClN4O/c19-13-6-3-7-14(10-13)20-18(24)23-9-8-16-15(11-23)17(22-21-16)12-4-1-2-5-12/h3,6-7,10,12,15-17,21-22H,1-2,4-5,8-9,11H2,(H,20,24). The van der Waals surface area contributed by atoms with Gasteiger partial charge in [-0.3, -0.25) is 10.9 Å². The lowest BCUT2D eigenvalue weighted by Gasteiger charge is -2.37. The van der Waals surface area contributed by atoms with Gasteiger partial charge >= 0.3 is 6.03 Å². The lowest BCUT2D eigenvalue weighted by atomic mass is 9.81. The molecular formula is C18H25ClN4O. The van der Waals surface area contributed by atoms with Crippen LogP contribution < -0.4 is 16.2 Å². The van der Waals surface area contributed by atoms with Crippen LogP contribution in [0.25, 0.3) is 0 Å². The van der Waals surface area contributed by atoms with Gasteiger partial charge in [-0.2, -0.15) is 0 Å². The van der Waals surface area contributed by atoms with Crippen LogP contribution in [0.3, 0.4) is 0 Å². The Kier molecular flexibility index (Phi) is 4.66. The molecule has 3 unspecified atom stereocenters. The Morgan fingerprint density at radius 2 is 2.04 bits per heavy atom. The second-order valence-electron chi connectivity index (χ2n) is 7.30. The highest BCUT2D eigenvalue weighted by atomic mass is 35.5. The smallest absolute Gasteiger partial charge is 0.321 e. The molecule has 0 aromatic heterocycles. The summed E-state index contributed by atoms with van der Waals surface area (Å²) in [6, 6.07) is 8.29. The average molecular weight is 349 g/mol. The molecule has 5 nitrogen and oxygen atoms in total. The summed E-state index contributed by atoms with van der Waals surface area (Å²) >= 11 is 6.00. The van der Waals surface area contributed by atoms with Crippen molar-refractivity contribution in [2.45, 2.75) is 44.2 Å². The minimum absolute atomic E-state index is 0.0206. The van der Waals surface area contributed by atoms with Crippen LogP contribution in [0.2, 0.25) is 5.02 Å². The number of hydrogen-bond donors (Lipinski definition) is 3. The van der Waals surface area contributed by atoms with Crippen molar-refractivity contribution in [2.75, 3.05) is 18.4 Å². The van der Waals surface area contributed by atoms with Gasteiger partial charge in [0.25, 0.3) is 0 Å². The summed E-state index contributed by atoms with van der Waals surface area (Å²) in [5.74, 6) is 1.26. The maximum atomic E-state index is 12.6. The average Bonchev–Trinajstić information content (AvgIpc) is 3.23. The Morgan fingerprint density at radius 1 is 1.21 bits per heavy atom. The summed E-state index contributed by atoms with van der Waals surface area (Å²) in [7, 11) is 0. The molecule has 2 saturated heterocycles. The fourth-order valence-corrected chi connectivity index (χ4v) is 4.76. The van der Waals surface area contributed by atoms with Gasteiger partial charge in [0.1, 0.15) is 0 Å². The monoisotopic (exact) mass is 348 g/mol. The molecule has 4 rings (SSSR count). The van der Waals surface area contributed by atoms with E-state index in [2.05, 4.69) is 16.2 Å². The molecule has 3 N–H and O–H groups in total. The fraction of sp³-hybridized carbons (Fsp3) is 0.611. The van der Waals surface area contributed by atoms with Gasteiger partial charge in [-0.15, -0.1) is 0 Å². The molecule has 1 aliphatic carbocycles. The van der Waals surface area contributed by atoms with Crippen molar-refractivity contribution >= 4 is 23.3 Å². The molecule has 1 saturated carbocycles. The van der Waals surface area contributed by atoms with Gasteiger partial charge in [-0.1, -0.05) is 30.5 Å². The number of fused-ring (bicyclic) bond motifs is 1. The quantitative estimate of drug-likeness (QED) is 0.769. The van der Waals surface area contributed by atoms with Crippen LogP contribution in [0.15, 0.2) is 24.3 Å². The number of carbonyl (C=O) groups excluding carboxylic acids is 1. The number of amides is 2. The summed E-state index contributed by atoms with van der Waals surface area (Å²) in [4.78, 5) is 14.6. The number of halogens is 1. The second-order valence-corrected chi connectivity index (χ2v) is 7.74. The zero-order chi connectivity index (χ0) is 16.5. The van der Waals surface area contributed by atoms with E-state index in [1.54, 1.807) is 6.07 Å². The Bertz CT molecular complexity index is 604. The highest BCUT2D eigenvalue weighted by Gasteiger charge is 2.44. The molecule has 3 atom stereocenters. The topological polar surface area (TPSA) is 56.4 Å². The second kappa shape index (κ2) is 6.90. The van der Waals surface area contributed by atoms with E-state index in [0.717, 1.165) is 31.1 Å². The van der Waals surface area contributed by atoms with E-state index >= 15 is 0 Å². The molecule has 24 heavy (non-hydrogen) atoms. The number of piperidine rings is 1. The van der Waals surface area contributed by atoms with Crippen LogP contribution in [0.4, 0.5) is 10.5 Å². The SMILES string of the molecule is O=C(Nc1cccc(Cl)c1)N1CCC2NNC(C3CCCC3)C2C1. The van der Waals surface area contributed by atoms with E-state index in [0.29, 0.717) is 23.0 Å². The molecule has 6 heteroatoms. The Labute approximate surface area is 148 Å². The number of anilines is 1. The first-order valence-corrected chi connectivity index (χ1v) is 9.41. The summed E-state index contributed by atoms with van der Waals surface area (Å²) in [6.07, 6.45) is 6.33. The van der Waals surface area contributed by atoms with Crippen molar-refractivity contribution in [1.82, 2.24) is 15.8 Å². The van der Waals surface area contributed by atoms with Crippen LogP contribution in [0, 0.1) is 11.8 Å². The Balaban J connectivity index is 1.40. The predicted molar refractivity (Wildman–Crippen MR) is 96.0 cm³/mol. The third kappa shape index (κ3) is 3.25. The Hall–Kier alpha value is -1.30. The summed E-state index contributed by atoms with van der Waals surface area (Å²) in [6.45, 7) is 1.61. The lowest BCUT2D eigenvalue weighted by Crippen LogP contribution is -2.50. The third-order valence-electron chi connectivity index (χ3n) is 5.83. The van der Waals surface area contributed by atoms with Gasteiger partial charge < -0.3 is 10.2 Å². The maximum Gasteiger partial charge on any atom is 0.321 e. The van der Waals surface area contributed by atoms with Crippen molar-refractivity contribution in [3.63, 3.8) is 0 Å². The van der Waals surface area contributed by atoms with E-state index < -0.39 is 0 Å². The summed E-state index contributed by atoms with van der Waals surface area (Å²) in [5.41, 5.74) is 7.76. The molecule has 3 fully saturated rings. The normalized spacial score (nSPS) is 30.4. The van der Waals surface area contributed by atoms with E-state index in [4.69, 9.17) is 11.6 Å². The maximum absolute atomic E-state index is 12.6. The van der Waals surface area contributed by atoms with Crippen LogP contribution in [-0.4, -0.2) is 36.1 Å². The molecule has 1 aromatic rings. The highest BCUT2D eigenvalue weighted by Crippen LogP contribution is 2.36. The van der Waals surface area contributed by atoms with Gasteiger partial charge in [-0.25, -0.2) is 4.79 Å². The van der Waals surface area contributed by atoms with Crippen molar-refractivity contribution in [2.24, 2.45) is 11.8 Å². The van der Waals surface area contributed by atoms with Gasteiger partial charge in [0.05, 0.1) is 0 Å². The summed E-state index contributed by atoms with van der Waals surface area (Å²) < 4.78 is 0. The van der Waals surface area contributed by atoms with Gasteiger partial charge in [0.2, 0.25) is 0 Å². The molecule has 2 amide bonds. The Morgan fingerprint density at radius 3 is 2.83 bits per heavy atom. The highest BCUT2D eigenvalue weighted by molar-refractivity contribution is 6.30. The first-order valence-electron chi connectivity index (χ1n) is 9.03. The molecule has 0 bridgehead atoms. The first-order chi connectivity index (χ1) is 11.7. The number of hydrazine groups is 1. The van der Waals surface area contributed by atoms with Gasteiger partial charge in [0, 0.05) is 41.8 Å². The molecule has 3 aliphatic rings. The number of hydrogen-bond acceptors (Lipinski definition) is 3. The molecule has 2 heterocycles. The molecule has 0 spiro atoms. The molecular weight excluding hydrogens is 324 g/mol. The van der Waals surface area contributed by atoms with Crippen LogP contribution in [-0.2, 0) is 0 Å². The van der Waals surface area contributed by atoms with E-state index in [-0.39, 0.29) is 6.03 Å². The number of urea groups is 1. The molecule has 0 radical (unpaired) electrons. The number of likely N-dealkylation sites (tertiary alicyclic amines) is 1. The van der Waals surface area contributed by atoms with Crippen molar-refractivity contribution in [1.29, 1.82) is 0 Å². The first kappa shape index (κ1) is 16.2. The predicted octanol–water partition coefficient (Wildman–Crippen LogP) is 3.23. The van der Waals surface area contributed by atoms with Gasteiger partial charge in [-0.05, 0) is 43.4 Å². The van der Waals surface area contributed by atoms with Crippen LogP contribution in [0.5, 0.6) is 0 Å². The van der Waals surface area contributed by atoms with Gasteiger partial charge in [0.15, 0.2) is 0 Å². The number of nitrogens with one attached hydrogen (secondary N) is 3. The van der Waals surface area contributed by atoms with Crippen molar-refractivity contribution in [3.05, 3.63) is 29.3 Å². The lowest BCUT2D eigenvalue weighted by molar-refractivity contribution is 0.156. The van der Waals surface area contributed by atoms with Crippen molar-refractivity contribution < 1.29 is 4.79 Å². The van der Waals surface area contributed by atoms with Crippen LogP contribution >= 0.6 is 11.6 Å². The molecule has 2 aliphatic heterocycles. The molecule has 130 valence electrons. The van der Waals surface area contributed by atoms with E-state index in [9.17, 15) is 4.79 Å². The summed E-state index contributed by atoms with van der Waals surface area (Å²) in [5, 5.41) is 3.61. The number of carbonyl (C=O) groups is 1. The third-order valence-corrected chi connectivity index (χ3v) is 6.06. The van der Waals surface area contributed by atoms with E-state index in [1.165, 1.54) is 25.7 Å². The zero-order valence-electron chi connectivity index (χ0n) is 13.8. The fourth-order valence-electron chi connectivity index (χ4n) is 4.57. The minimum atomic E-state index is -0.0206. The van der Waals surface area contributed by atoms with E-state index in [1.807, 2.05) is 23.1 Å². The zero-order valence-corrected chi connectivity index (χ0v) is 14.6. The number of rotatable bonds is 2. The van der Waals surface area contributed by atoms with Crippen molar-refractivity contribution in [3.8, 4) is 0 Å².